The molecule has 1 aliphatic heterocycles. The molecule has 0 saturated heterocycles. The maximum atomic E-state index is 14.2. The van der Waals surface area contributed by atoms with Gasteiger partial charge in [-0.05, 0) is 49.4 Å². The van der Waals surface area contributed by atoms with E-state index in [1.807, 2.05) is 49.1 Å². The van der Waals surface area contributed by atoms with Crippen LogP contribution >= 0.6 is 11.3 Å². The van der Waals surface area contributed by atoms with Crippen LogP contribution in [0.5, 0.6) is 0 Å². The van der Waals surface area contributed by atoms with Crippen LogP contribution in [0.2, 0.25) is 0 Å². The third-order valence-corrected chi connectivity index (χ3v) is 8.58. The first-order chi connectivity index (χ1) is 21.5. The van der Waals surface area contributed by atoms with Gasteiger partial charge >= 0.3 is 0 Å². The zero-order valence-electron chi connectivity index (χ0n) is 25.7. The van der Waals surface area contributed by atoms with E-state index in [1.165, 1.54) is 23.5 Å². The average molecular weight is 633 g/mol. The number of nitrogens with zero attached hydrogens (tertiary/aromatic N) is 3. The molecule has 0 saturated carbocycles. The van der Waals surface area contributed by atoms with Crippen molar-refractivity contribution in [2.75, 3.05) is 13.1 Å². The molecule has 4 bridgehead atoms. The molecule has 2 aromatic heterocycles. The lowest BCUT2D eigenvalue weighted by molar-refractivity contribution is -0.123. The number of rotatable bonds is 5. The second-order valence-corrected chi connectivity index (χ2v) is 12.6. The highest BCUT2D eigenvalue weighted by molar-refractivity contribution is 7.09. The van der Waals surface area contributed by atoms with Crippen molar-refractivity contribution >= 4 is 29.1 Å². The van der Waals surface area contributed by atoms with Gasteiger partial charge in [-0.25, -0.2) is 14.4 Å². The summed E-state index contributed by atoms with van der Waals surface area (Å²) in [6, 6.07) is 14.5. The smallest absolute Gasteiger partial charge is 0.274 e. The van der Waals surface area contributed by atoms with Crippen LogP contribution in [-0.2, 0) is 17.8 Å². The molecular weight excluding hydrogens is 595 g/mol. The average Bonchev–Trinajstić information content (AvgIpc) is 3.63. The van der Waals surface area contributed by atoms with E-state index in [-0.39, 0.29) is 53.9 Å². The van der Waals surface area contributed by atoms with Gasteiger partial charge in [0.15, 0.2) is 5.69 Å². The maximum Gasteiger partial charge on any atom is 0.274 e. The Morgan fingerprint density at radius 2 is 1.76 bits per heavy atom. The monoisotopic (exact) mass is 632 g/mol. The van der Waals surface area contributed by atoms with Crippen molar-refractivity contribution < 1.29 is 23.2 Å². The normalized spacial score (nSPS) is 20.2. The third kappa shape index (κ3) is 8.20. The number of thiazole rings is 1. The lowest BCUT2D eigenvalue weighted by Gasteiger charge is -2.29. The molecule has 5 rings (SSSR count). The summed E-state index contributed by atoms with van der Waals surface area (Å²) >= 11 is 1.27. The lowest BCUT2D eigenvalue weighted by Crippen LogP contribution is -2.48. The van der Waals surface area contributed by atoms with Crippen LogP contribution in [0, 0.1) is 18.7 Å². The summed E-state index contributed by atoms with van der Waals surface area (Å²) in [6.07, 6.45) is 0.490. The number of fused-ring (bicyclic) bond motifs is 4. The van der Waals surface area contributed by atoms with Gasteiger partial charge in [0.1, 0.15) is 28.3 Å². The number of aromatic nitrogens is 2. The van der Waals surface area contributed by atoms with Crippen LogP contribution in [0.25, 0.3) is 0 Å². The number of amides is 3. The van der Waals surface area contributed by atoms with Crippen molar-refractivity contribution in [1.29, 1.82) is 0 Å². The molecular formula is C33H37FN6O4S. The molecule has 236 valence electrons. The van der Waals surface area contributed by atoms with Gasteiger partial charge in [-0.15, -0.1) is 11.3 Å². The van der Waals surface area contributed by atoms with Crippen LogP contribution in [0.15, 0.2) is 64.4 Å². The Hall–Kier alpha value is -4.42. The molecule has 45 heavy (non-hydrogen) atoms. The number of carbonyl (C=O) groups is 3. The molecule has 0 unspecified atom stereocenters. The SMILES string of the molecule is Cc1oc2nc1C(=O)N[C@H](C)c1nc(cs1)C(=O)N[C@H](Cc1ccccc1)CN(Cc1cccc(F)c1)CC(=O)N[C@H]2C(C)C. The molecule has 0 aliphatic carbocycles. The molecule has 0 spiro atoms. The number of carbonyl (C=O) groups excluding carboxylic acids is 3. The van der Waals surface area contributed by atoms with Gasteiger partial charge in [0.25, 0.3) is 11.8 Å². The first-order valence-electron chi connectivity index (χ1n) is 14.9. The highest BCUT2D eigenvalue weighted by Crippen LogP contribution is 2.25. The van der Waals surface area contributed by atoms with Crippen molar-refractivity contribution in [2.45, 2.75) is 58.8 Å². The maximum absolute atomic E-state index is 14.2. The van der Waals surface area contributed by atoms with Crippen LogP contribution in [0.3, 0.4) is 0 Å². The number of hydrogen-bond donors (Lipinski definition) is 3. The largest absolute Gasteiger partial charge is 0.443 e. The van der Waals surface area contributed by atoms with E-state index in [0.29, 0.717) is 29.3 Å². The molecule has 4 aromatic rings. The van der Waals surface area contributed by atoms with Gasteiger partial charge in [-0.3, -0.25) is 19.3 Å². The van der Waals surface area contributed by atoms with Gasteiger partial charge in [0.2, 0.25) is 11.8 Å². The van der Waals surface area contributed by atoms with Crippen LogP contribution in [0.1, 0.15) is 81.6 Å². The van der Waals surface area contributed by atoms with Gasteiger partial charge in [-0.1, -0.05) is 56.3 Å². The summed E-state index contributed by atoms with van der Waals surface area (Å²) in [7, 11) is 0. The fraction of sp³-hybridized carbons (Fsp3) is 0.364. The minimum atomic E-state index is -0.605. The van der Waals surface area contributed by atoms with E-state index >= 15 is 0 Å². The Balaban J connectivity index is 1.52. The van der Waals surface area contributed by atoms with Gasteiger partial charge < -0.3 is 20.4 Å². The van der Waals surface area contributed by atoms with Crippen molar-refractivity contribution in [1.82, 2.24) is 30.8 Å². The Morgan fingerprint density at radius 1 is 1.00 bits per heavy atom. The molecule has 12 heteroatoms. The topological polar surface area (TPSA) is 129 Å². The van der Waals surface area contributed by atoms with E-state index in [9.17, 15) is 18.8 Å². The highest BCUT2D eigenvalue weighted by atomic mass is 32.1. The number of aryl methyl sites for hydroxylation is 1. The van der Waals surface area contributed by atoms with E-state index in [2.05, 4.69) is 25.9 Å². The van der Waals surface area contributed by atoms with Crippen molar-refractivity contribution in [3.8, 4) is 0 Å². The lowest BCUT2D eigenvalue weighted by atomic mass is 10.0. The van der Waals surface area contributed by atoms with Crippen LogP contribution in [-0.4, -0.2) is 51.7 Å². The molecule has 2 aromatic carbocycles. The summed E-state index contributed by atoms with van der Waals surface area (Å²) < 4.78 is 20.1. The van der Waals surface area contributed by atoms with E-state index in [4.69, 9.17) is 4.42 Å². The zero-order chi connectivity index (χ0) is 32.1. The van der Waals surface area contributed by atoms with Gasteiger partial charge in [0, 0.05) is 24.5 Å². The Morgan fingerprint density at radius 3 is 2.49 bits per heavy atom. The Kier molecular flexibility index (Phi) is 10.0. The summed E-state index contributed by atoms with van der Waals surface area (Å²) in [4.78, 5) is 51.2. The fourth-order valence-corrected chi connectivity index (χ4v) is 6.13. The first kappa shape index (κ1) is 32.0. The molecule has 10 nitrogen and oxygen atoms in total. The quantitative estimate of drug-likeness (QED) is 0.290. The molecule has 1 aliphatic rings. The predicted octanol–water partition coefficient (Wildman–Crippen LogP) is 4.74. The molecule has 0 radical (unpaired) electrons. The number of hydrogen-bond acceptors (Lipinski definition) is 8. The molecule has 3 N–H and O–H groups in total. The van der Waals surface area contributed by atoms with E-state index in [0.717, 1.165) is 5.56 Å². The predicted molar refractivity (Wildman–Crippen MR) is 168 cm³/mol. The molecule has 0 fully saturated rings. The molecule has 3 heterocycles. The summed E-state index contributed by atoms with van der Waals surface area (Å²) in [5, 5.41) is 11.3. The number of nitrogens with one attached hydrogen (secondary N) is 3. The van der Waals surface area contributed by atoms with Crippen molar-refractivity contribution in [3.63, 3.8) is 0 Å². The Bertz CT molecular complexity index is 1660. The third-order valence-electron chi connectivity index (χ3n) is 7.55. The molecule has 3 amide bonds. The van der Waals surface area contributed by atoms with Crippen LogP contribution in [0.4, 0.5) is 4.39 Å². The minimum Gasteiger partial charge on any atom is -0.443 e. The summed E-state index contributed by atoms with van der Waals surface area (Å²) in [5.74, 6) is -1.06. The van der Waals surface area contributed by atoms with Crippen LogP contribution < -0.4 is 16.0 Å². The van der Waals surface area contributed by atoms with Crippen molar-refractivity contribution in [2.24, 2.45) is 5.92 Å². The zero-order valence-corrected chi connectivity index (χ0v) is 26.5. The van der Waals surface area contributed by atoms with Gasteiger partial charge in [-0.2, -0.15) is 0 Å². The second-order valence-electron chi connectivity index (χ2n) is 11.7. The Labute approximate surface area is 265 Å². The second kappa shape index (κ2) is 14.1. The highest BCUT2D eigenvalue weighted by Gasteiger charge is 2.29. The number of oxazole rings is 1. The van der Waals surface area contributed by atoms with E-state index in [1.54, 1.807) is 31.4 Å². The van der Waals surface area contributed by atoms with Crippen molar-refractivity contribution in [3.05, 3.63) is 105 Å². The number of benzene rings is 2. The molecule has 3 atom stereocenters. The summed E-state index contributed by atoms with van der Waals surface area (Å²) in [6.45, 7) is 7.79. The van der Waals surface area contributed by atoms with Gasteiger partial charge in [0.05, 0.1) is 12.6 Å². The minimum absolute atomic E-state index is 0.0493. The fourth-order valence-electron chi connectivity index (χ4n) is 5.32. The first-order valence-corrected chi connectivity index (χ1v) is 15.8. The standard InChI is InChI=1S/C33H37FN6O4S/c1-19(2)28-32-39-29(21(4)44-32)31(43)35-20(3)33-37-26(18-45-33)30(42)36-25(14-22-9-6-5-7-10-22)16-40(17-27(41)38-28)15-23-11-8-12-24(34)13-23/h5-13,18-20,25,28H,14-17H2,1-4H3,(H,35,43)(H,36,42)(H,38,41)/t20-,25-,28+/m1/s1. The number of halogens is 1. The van der Waals surface area contributed by atoms with E-state index < -0.39 is 24.0 Å². The summed E-state index contributed by atoms with van der Waals surface area (Å²) in [5.41, 5.74) is 2.03.